The van der Waals surface area contributed by atoms with Crippen molar-refractivity contribution in [3.8, 4) is 0 Å². The van der Waals surface area contributed by atoms with Crippen LogP contribution < -0.4 is 5.32 Å². The summed E-state index contributed by atoms with van der Waals surface area (Å²) >= 11 is 15.0. The molecule has 2 aromatic rings. The molecule has 1 fully saturated rings. The number of hydrogen-bond acceptors (Lipinski definition) is 7. The maximum Gasteiger partial charge on any atom is 0.230 e. The van der Waals surface area contributed by atoms with Crippen LogP contribution in [0, 0.1) is 11.8 Å². The highest BCUT2D eigenvalue weighted by Crippen LogP contribution is 2.29. The van der Waals surface area contributed by atoms with Crippen LogP contribution in [0.2, 0.25) is 10.0 Å². The van der Waals surface area contributed by atoms with Gasteiger partial charge in [-0.1, -0.05) is 66.2 Å². The summed E-state index contributed by atoms with van der Waals surface area (Å²) in [6.45, 7) is 4.76. The number of nitrogens with one attached hydrogen (secondary N) is 1. The van der Waals surface area contributed by atoms with Crippen molar-refractivity contribution >= 4 is 67.4 Å². The van der Waals surface area contributed by atoms with E-state index in [4.69, 9.17) is 23.2 Å². The molecule has 31 heavy (non-hydrogen) atoms. The fourth-order valence-electron chi connectivity index (χ4n) is 3.10. The van der Waals surface area contributed by atoms with Gasteiger partial charge in [0.2, 0.25) is 21.1 Å². The summed E-state index contributed by atoms with van der Waals surface area (Å²) in [5, 5.41) is 12.1. The first-order chi connectivity index (χ1) is 14.6. The minimum absolute atomic E-state index is 0.132. The quantitative estimate of drug-likeness (QED) is 0.396. The van der Waals surface area contributed by atoms with E-state index in [2.05, 4.69) is 29.4 Å². The van der Waals surface area contributed by atoms with E-state index >= 15 is 0 Å². The predicted molar refractivity (Wildman–Crippen MR) is 127 cm³/mol. The van der Waals surface area contributed by atoms with Crippen molar-refractivity contribution in [3.63, 3.8) is 0 Å². The summed E-state index contributed by atoms with van der Waals surface area (Å²) in [6, 6.07) is 4.75. The molecule has 7 nitrogen and oxygen atoms in total. The van der Waals surface area contributed by atoms with Crippen molar-refractivity contribution in [2.45, 2.75) is 36.8 Å². The highest BCUT2D eigenvalue weighted by molar-refractivity contribution is 8.01. The third-order valence-corrected chi connectivity index (χ3v) is 9.46. The van der Waals surface area contributed by atoms with Gasteiger partial charge < -0.3 is 5.32 Å². The van der Waals surface area contributed by atoms with Crippen LogP contribution in [0.3, 0.4) is 0 Å². The van der Waals surface area contributed by atoms with Crippen LogP contribution in [0.25, 0.3) is 0 Å². The van der Waals surface area contributed by atoms with Gasteiger partial charge in [-0.3, -0.25) is 4.79 Å². The first-order valence-electron chi connectivity index (χ1n) is 9.83. The standard InChI is InChI=1S/C19H24Cl2N4O3S3/c1-12(2)10-29-19-24-23-18(30-19)22-17(26)13-4-3-7-25(9-13)31(27,28)11-14-5-6-15(20)8-16(14)21/h5-6,8,12-13H,3-4,7,9-11H2,1-2H3,(H,22,23,26). The lowest BCUT2D eigenvalue weighted by molar-refractivity contribution is -0.120. The Kier molecular flexibility index (Phi) is 8.62. The molecule has 1 unspecified atom stereocenters. The number of nitrogens with zero attached hydrogens (tertiary/aromatic N) is 3. The summed E-state index contributed by atoms with van der Waals surface area (Å²) in [6.07, 6.45) is 1.23. The van der Waals surface area contributed by atoms with Crippen LogP contribution >= 0.6 is 46.3 Å². The van der Waals surface area contributed by atoms with Crippen LogP contribution in [-0.4, -0.2) is 47.7 Å². The maximum absolute atomic E-state index is 12.9. The molecular formula is C19H24Cl2N4O3S3. The van der Waals surface area contributed by atoms with Gasteiger partial charge in [0, 0.05) is 28.9 Å². The average Bonchev–Trinajstić information content (AvgIpc) is 3.16. The Labute approximate surface area is 201 Å². The van der Waals surface area contributed by atoms with Gasteiger partial charge in [0.25, 0.3) is 0 Å². The zero-order valence-corrected chi connectivity index (χ0v) is 21.1. The molecule has 0 spiro atoms. The monoisotopic (exact) mass is 522 g/mol. The first-order valence-corrected chi connectivity index (χ1v) is 14.0. The van der Waals surface area contributed by atoms with E-state index in [9.17, 15) is 13.2 Å². The number of carbonyl (C=O) groups excluding carboxylic acids is 1. The maximum atomic E-state index is 12.9. The van der Waals surface area contributed by atoms with Crippen LogP contribution in [0.1, 0.15) is 32.3 Å². The number of carbonyl (C=O) groups is 1. The SMILES string of the molecule is CC(C)CSc1nnc(NC(=O)C2CCCN(S(=O)(=O)Cc3ccc(Cl)cc3Cl)C2)s1. The fourth-order valence-corrected chi connectivity index (χ4v) is 7.03. The molecule has 0 bridgehead atoms. The molecule has 1 N–H and O–H groups in total. The van der Waals surface area contributed by atoms with Gasteiger partial charge >= 0.3 is 0 Å². The van der Waals surface area contributed by atoms with E-state index in [1.165, 1.54) is 21.7 Å². The zero-order valence-electron chi connectivity index (χ0n) is 17.2. The Morgan fingerprint density at radius 3 is 2.84 bits per heavy atom. The minimum Gasteiger partial charge on any atom is -0.300 e. The molecule has 1 aromatic heterocycles. The molecule has 0 saturated carbocycles. The normalized spacial score (nSPS) is 17.8. The largest absolute Gasteiger partial charge is 0.300 e. The number of aromatic nitrogens is 2. The highest BCUT2D eigenvalue weighted by Gasteiger charge is 2.33. The predicted octanol–water partition coefficient (Wildman–Crippen LogP) is 4.77. The third-order valence-electron chi connectivity index (χ3n) is 4.68. The van der Waals surface area contributed by atoms with Gasteiger partial charge in [0.05, 0.1) is 11.7 Å². The smallest absolute Gasteiger partial charge is 0.230 e. The van der Waals surface area contributed by atoms with Crippen LogP contribution in [0.5, 0.6) is 0 Å². The molecule has 12 heteroatoms. The Balaban J connectivity index is 1.61. The van der Waals surface area contributed by atoms with Gasteiger partial charge in [-0.25, -0.2) is 12.7 Å². The van der Waals surface area contributed by atoms with Gasteiger partial charge in [-0.15, -0.1) is 10.2 Å². The number of benzene rings is 1. The number of halogens is 2. The van der Waals surface area contributed by atoms with E-state index in [0.717, 1.165) is 10.1 Å². The van der Waals surface area contributed by atoms with E-state index in [1.807, 2.05) is 0 Å². The summed E-state index contributed by atoms with van der Waals surface area (Å²) in [4.78, 5) is 12.7. The second-order valence-corrected chi connectivity index (χ2v) is 12.8. The molecule has 1 aliphatic heterocycles. The lowest BCUT2D eigenvalue weighted by atomic mass is 9.99. The zero-order chi connectivity index (χ0) is 22.6. The number of sulfonamides is 1. The van der Waals surface area contributed by atoms with Crippen molar-refractivity contribution in [1.29, 1.82) is 0 Å². The number of rotatable bonds is 8. The minimum atomic E-state index is -3.63. The molecule has 2 heterocycles. The number of anilines is 1. The van der Waals surface area contributed by atoms with E-state index < -0.39 is 15.9 Å². The van der Waals surface area contributed by atoms with E-state index in [-0.39, 0.29) is 18.2 Å². The number of hydrogen-bond donors (Lipinski definition) is 1. The van der Waals surface area contributed by atoms with Crippen molar-refractivity contribution in [2.75, 3.05) is 24.2 Å². The topological polar surface area (TPSA) is 92.3 Å². The summed E-state index contributed by atoms with van der Waals surface area (Å²) in [5.41, 5.74) is 0.484. The van der Waals surface area contributed by atoms with Crippen molar-refractivity contribution in [3.05, 3.63) is 33.8 Å². The summed E-state index contributed by atoms with van der Waals surface area (Å²) < 4.78 is 28.0. The van der Waals surface area contributed by atoms with Crippen molar-refractivity contribution < 1.29 is 13.2 Å². The van der Waals surface area contributed by atoms with Gasteiger partial charge in [-0.05, 0) is 36.5 Å². The Bertz CT molecular complexity index is 1030. The van der Waals surface area contributed by atoms with Crippen LogP contribution in [-0.2, 0) is 20.6 Å². The molecule has 0 aliphatic carbocycles. The molecular weight excluding hydrogens is 499 g/mol. The first kappa shape index (κ1) is 24.7. The lowest BCUT2D eigenvalue weighted by Crippen LogP contribution is -2.44. The average molecular weight is 524 g/mol. The van der Waals surface area contributed by atoms with E-state index in [0.29, 0.717) is 46.0 Å². The van der Waals surface area contributed by atoms with Gasteiger partial charge in [0.15, 0.2) is 4.34 Å². The molecule has 1 aromatic carbocycles. The number of thioether (sulfide) groups is 1. The van der Waals surface area contributed by atoms with Gasteiger partial charge in [0.1, 0.15) is 0 Å². The summed E-state index contributed by atoms with van der Waals surface area (Å²) in [5.74, 6) is 0.547. The second kappa shape index (κ2) is 10.8. The summed E-state index contributed by atoms with van der Waals surface area (Å²) in [7, 11) is -3.63. The second-order valence-electron chi connectivity index (χ2n) is 7.76. The molecule has 0 radical (unpaired) electrons. The third kappa shape index (κ3) is 7.03. The lowest BCUT2D eigenvalue weighted by Gasteiger charge is -2.31. The molecule has 1 aliphatic rings. The number of amides is 1. The highest BCUT2D eigenvalue weighted by atomic mass is 35.5. The Hall–Kier alpha value is -0.910. The van der Waals surface area contributed by atoms with Crippen molar-refractivity contribution in [1.82, 2.24) is 14.5 Å². The molecule has 1 saturated heterocycles. The molecule has 1 amide bonds. The number of piperidine rings is 1. The molecule has 1 atom stereocenters. The van der Waals surface area contributed by atoms with Crippen LogP contribution in [0.15, 0.2) is 22.5 Å². The molecule has 170 valence electrons. The van der Waals surface area contributed by atoms with Gasteiger partial charge in [-0.2, -0.15) is 0 Å². The Morgan fingerprint density at radius 1 is 1.35 bits per heavy atom. The Morgan fingerprint density at radius 2 is 2.13 bits per heavy atom. The molecule has 3 rings (SSSR count). The van der Waals surface area contributed by atoms with Crippen molar-refractivity contribution in [2.24, 2.45) is 11.8 Å². The van der Waals surface area contributed by atoms with E-state index in [1.54, 1.807) is 23.9 Å². The fraction of sp³-hybridized carbons (Fsp3) is 0.526. The van der Waals surface area contributed by atoms with Crippen LogP contribution in [0.4, 0.5) is 5.13 Å².